The molecule has 0 spiro atoms. The van der Waals surface area contributed by atoms with Crippen molar-refractivity contribution in [2.75, 3.05) is 13.1 Å². The zero-order valence-electron chi connectivity index (χ0n) is 8.20. The summed E-state index contributed by atoms with van der Waals surface area (Å²) in [6.45, 7) is 0.773. The maximum absolute atomic E-state index is 11.5. The van der Waals surface area contributed by atoms with Gasteiger partial charge in [-0.25, -0.2) is 0 Å². The van der Waals surface area contributed by atoms with Gasteiger partial charge in [-0.05, 0) is 18.0 Å². The van der Waals surface area contributed by atoms with Gasteiger partial charge in [0.1, 0.15) is 10.8 Å². The third-order valence-corrected chi connectivity index (χ3v) is 2.45. The number of hydrogen-bond donors (Lipinski definition) is 2. The van der Waals surface area contributed by atoms with Crippen LogP contribution in [0.25, 0.3) is 10.4 Å². The molecule has 0 aromatic carbocycles. The van der Waals surface area contributed by atoms with Crippen LogP contribution in [0.4, 0.5) is 0 Å². The van der Waals surface area contributed by atoms with E-state index in [0.29, 0.717) is 30.2 Å². The first-order chi connectivity index (χ1) is 7.65. The molecule has 0 aliphatic carbocycles. The molecule has 86 valence electrons. The van der Waals surface area contributed by atoms with Crippen LogP contribution in [0.1, 0.15) is 16.9 Å². The first-order valence-electron chi connectivity index (χ1n) is 4.48. The number of azide groups is 1. The zero-order chi connectivity index (χ0) is 12.0. The molecule has 1 heterocycles. The summed E-state index contributed by atoms with van der Waals surface area (Å²) in [5.74, 6) is -0.297. The molecule has 0 saturated carbocycles. The number of amides is 1. The van der Waals surface area contributed by atoms with Crippen molar-refractivity contribution in [3.8, 4) is 0 Å². The Morgan fingerprint density at radius 2 is 2.38 bits per heavy atom. The van der Waals surface area contributed by atoms with E-state index in [9.17, 15) is 4.79 Å². The number of rotatable bonds is 5. The van der Waals surface area contributed by atoms with E-state index in [2.05, 4.69) is 20.3 Å². The zero-order valence-corrected chi connectivity index (χ0v) is 9.72. The lowest BCUT2D eigenvalue weighted by Crippen LogP contribution is -2.25. The number of carbonyl (C=O) groups excluding carboxylic acids is 1. The Bertz CT molecular complexity index is 405. The van der Waals surface area contributed by atoms with Crippen molar-refractivity contribution in [3.63, 3.8) is 0 Å². The number of carbonyl (C=O) groups is 1. The van der Waals surface area contributed by atoms with Gasteiger partial charge in [0.25, 0.3) is 5.91 Å². The van der Waals surface area contributed by atoms with Gasteiger partial charge in [-0.2, -0.15) is 0 Å². The first-order valence-corrected chi connectivity index (χ1v) is 5.24. The molecule has 2 N–H and O–H groups in total. The van der Waals surface area contributed by atoms with Gasteiger partial charge in [0.05, 0.1) is 5.02 Å². The average Bonchev–Trinajstić information content (AvgIpc) is 2.59. The normalized spacial score (nSPS) is 9.62. The van der Waals surface area contributed by atoms with E-state index < -0.39 is 0 Å². The van der Waals surface area contributed by atoms with Crippen molar-refractivity contribution in [3.05, 3.63) is 32.4 Å². The number of aromatic amines is 1. The average molecular weight is 262 g/mol. The van der Waals surface area contributed by atoms with Gasteiger partial charge in [0.2, 0.25) is 0 Å². The molecule has 1 aromatic heterocycles. The Morgan fingerprint density at radius 3 is 2.94 bits per heavy atom. The third kappa shape index (κ3) is 3.66. The molecule has 1 rings (SSSR count). The summed E-state index contributed by atoms with van der Waals surface area (Å²) in [5.41, 5.74) is 8.33. The van der Waals surface area contributed by atoms with Gasteiger partial charge in [-0.15, -0.1) is 0 Å². The minimum Gasteiger partial charge on any atom is -0.351 e. The van der Waals surface area contributed by atoms with E-state index in [1.165, 1.54) is 6.07 Å². The monoisotopic (exact) mass is 261 g/mol. The van der Waals surface area contributed by atoms with E-state index in [4.69, 9.17) is 28.7 Å². The van der Waals surface area contributed by atoms with E-state index in [1.807, 2.05) is 0 Å². The van der Waals surface area contributed by atoms with Crippen molar-refractivity contribution >= 4 is 29.1 Å². The summed E-state index contributed by atoms with van der Waals surface area (Å²) in [6.07, 6.45) is 0.581. The van der Waals surface area contributed by atoms with Crippen LogP contribution in [-0.4, -0.2) is 24.0 Å². The second kappa shape index (κ2) is 6.27. The lowest BCUT2D eigenvalue weighted by atomic mass is 10.4. The summed E-state index contributed by atoms with van der Waals surface area (Å²) in [4.78, 5) is 16.7. The number of H-pyrrole nitrogens is 1. The van der Waals surface area contributed by atoms with Crippen LogP contribution >= 0.6 is 23.2 Å². The fourth-order valence-electron chi connectivity index (χ4n) is 1.02. The molecule has 16 heavy (non-hydrogen) atoms. The molecule has 6 nitrogen and oxygen atoms in total. The van der Waals surface area contributed by atoms with Crippen molar-refractivity contribution in [1.82, 2.24) is 10.3 Å². The van der Waals surface area contributed by atoms with Crippen LogP contribution in [0.3, 0.4) is 0 Å². The summed E-state index contributed by atoms with van der Waals surface area (Å²) < 4.78 is 0. The molecular formula is C8H9Cl2N5O. The van der Waals surface area contributed by atoms with Crippen LogP contribution in [-0.2, 0) is 0 Å². The fourth-order valence-corrected chi connectivity index (χ4v) is 1.33. The molecule has 0 radical (unpaired) electrons. The van der Waals surface area contributed by atoms with E-state index in [0.717, 1.165) is 0 Å². The van der Waals surface area contributed by atoms with Crippen LogP contribution in [0, 0.1) is 0 Å². The molecule has 1 amide bonds. The highest BCUT2D eigenvalue weighted by Crippen LogP contribution is 2.21. The summed E-state index contributed by atoms with van der Waals surface area (Å²) in [5, 5.41) is 6.51. The van der Waals surface area contributed by atoms with Gasteiger partial charge < -0.3 is 10.3 Å². The van der Waals surface area contributed by atoms with Crippen molar-refractivity contribution in [2.24, 2.45) is 5.11 Å². The van der Waals surface area contributed by atoms with Gasteiger partial charge in [0, 0.05) is 18.0 Å². The highest BCUT2D eigenvalue weighted by molar-refractivity contribution is 6.41. The largest absolute Gasteiger partial charge is 0.351 e. The van der Waals surface area contributed by atoms with Gasteiger partial charge in [-0.3, -0.25) is 4.79 Å². The molecule has 0 bridgehead atoms. The van der Waals surface area contributed by atoms with Crippen LogP contribution in [0.5, 0.6) is 0 Å². The highest BCUT2D eigenvalue weighted by Gasteiger charge is 2.10. The quantitative estimate of drug-likeness (QED) is 0.363. The minimum absolute atomic E-state index is 0.237. The highest BCUT2D eigenvalue weighted by atomic mass is 35.5. The maximum Gasteiger partial charge on any atom is 0.267 e. The van der Waals surface area contributed by atoms with E-state index in [1.54, 1.807) is 0 Å². The first kappa shape index (κ1) is 12.7. The molecule has 0 unspecified atom stereocenters. The number of halogens is 2. The Morgan fingerprint density at radius 1 is 1.62 bits per heavy atom. The molecule has 0 aliphatic heterocycles. The van der Waals surface area contributed by atoms with Crippen molar-refractivity contribution in [1.29, 1.82) is 0 Å². The standard InChI is InChI=1S/C8H9Cl2N5O/c9-5-4-6(14-7(5)10)8(16)12-2-1-3-13-15-11/h4,14H,1-3H2,(H,12,16). The molecule has 0 fully saturated rings. The number of hydrogen-bond acceptors (Lipinski definition) is 2. The Labute approximate surface area is 102 Å². The smallest absolute Gasteiger partial charge is 0.267 e. The predicted octanol–water partition coefficient (Wildman–Crippen LogP) is 2.75. The van der Waals surface area contributed by atoms with Crippen LogP contribution in [0.2, 0.25) is 10.2 Å². The molecule has 0 atom stereocenters. The Balaban J connectivity index is 2.38. The molecule has 1 aromatic rings. The third-order valence-electron chi connectivity index (χ3n) is 1.75. The molecule has 8 heteroatoms. The second-order valence-corrected chi connectivity index (χ2v) is 3.69. The predicted molar refractivity (Wildman–Crippen MR) is 61.8 cm³/mol. The van der Waals surface area contributed by atoms with E-state index in [-0.39, 0.29) is 11.1 Å². The topological polar surface area (TPSA) is 93.7 Å². The maximum atomic E-state index is 11.5. The second-order valence-electron chi connectivity index (χ2n) is 2.91. The molecule has 0 aliphatic rings. The number of nitrogens with zero attached hydrogens (tertiary/aromatic N) is 3. The SMILES string of the molecule is [N-]=[N+]=NCCCNC(=O)c1cc(Cl)c(Cl)[nH]1. The van der Waals surface area contributed by atoms with Crippen LogP contribution < -0.4 is 5.32 Å². The van der Waals surface area contributed by atoms with Crippen molar-refractivity contribution < 1.29 is 4.79 Å². The summed E-state index contributed by atoms with van der Waals surface area (Å²) >= 11 is 11.3. The Kier molecular flexibility index (Phi) is 4.98. The summed E-state index contributed by atoms with van der Waals surface area (Å²) in [6, 6.07) is 1.45. The van der Waals surface area contributed by atoms with E-state index >= 15 is 0 Å². The van der Waals surface area contributed by atoms with Crippen molar-refractivity contribution in [2.45, 2.75) is 6.42 Å². The number of aromatic nitrogens is 1. The van der Waals surface area contributed by atoms with Gasteiger partial charge in [0.15, 0.2) is 0 Å². The summed E-state index contributed by atoms with van der Waals surface area (Å²) in [7, 11) is 0. The lowest BCUT2D eigenvalue weighted by molar-refractivity contribution is 0.0949. The van der Waals surface area contributed by atoms with Gasteiger partial charge >= 0.3 is 0 Å². The Hall–Kier alpha value is -1.36. The fraction of sp³-hybridized carbons (Fsp3) is 0.375. The minimum atomic E-state index is -0.297. The van der Waals surface area contributed by atoms with Gasteiger partial charge in [-0.1, -0.05) is 28.3 Å². The molecule has 0 saturated heterocycles. The lowest BCUT2D eigenvalue weighted by Gasteiger charge is -2.01. The molecular weight excluding hydrogens is 253 g/mol. The van der Waals surface area contributed by atoms with Crippen LogP contribution in [0.15, 0.2) is 11.2 Å². The number of nitrogens with one attached hydrogen (secondary N) is 2.